The van der Waals surface area contributed by atoms with Crippen LogP contribution in [0.3, 0.4) is 0 Å². The van der Waals surface area contributed by atoms with Crippen molar-refractivity contribution in [2.75, 3.05) is 38.1 Å². The van der Waals surface area contributed by atoms with E-state index in [2.05, 4.69) is 19.9 Å². The van der Waals surface area contributed by atoms with Crippen molar-refractivity contribution in [2.45, 2.75) is 6.23 Å². The van der Waals surface area contributed by atoms with E-state index in [4.69, 9.17) is 31.7 Å². The molecule has 164 valence electrons. The second kappa shape index (κ2) is 9.49. The molecular weight excluding hydrogens is 434 g/mol. The normalized spacial score (nSPS) is 18.1. The molecule has 2 aliphatic rings. The van der Waals surface area contributed by atoms with Gasteiger partial charge in [-0.2, -0.15) is 0 Å². The monoisotopic (exact) mass is 450 g/mol. The van der Waals surface area contributed by atoms with Gasteiger partial charge in [0.1, 0.15) is 11.5 Å². The number of likely N-dealkylation sites (N-methyl/N-ethyl adjacent to an activating group) is 1. The summed E-state index contributed by atoms with van der Waals surface area (Å²) < 4.78 is 5.68. The number of carbonyl (C=O) groups excluding carboxylic acids is 2. The first kappa shape index (κ1) is 22.1. The Labute approximate surface area is 180 Å². The molecule has 31 heavy (non-hydrogen) atoms. The predicted octanol–water partition coefficient (Wildman–Crippen LogP) is 1.33. The highest BCUT2D eigenvalue weighted by molar-refractivity contribution is 6.30. The first-order chi connectivity index (χ1) is 14.8. The van der Waals surface area contributed by atoms with Crippen molar-refractivity contribution in [1.29, 1.82) is 0 Å². The van der Waals surface area contributed by atoms with E-state index >= 15 is 0 Å². The van der Waals surface area contributed by atoms with Crippen molar-refractivity contribution < 1.29 is 19.4 Å². The summed E-state index contributed by atoms with van der Waals surface area (Å²) in [5.74, 6) is -0.121. The topological polar surface area (TPSA) is 158 Å². The molecule has 13 nitrogen and oxygen atoms in total. The number of nitrogens with zero attached hydrogens (tertiary/aromatic N) is 7. The number of halogens is 1. The van der Waals surface area contributed by atoms with Gasteiger partial charge < -0.3 is 29.9 Å². The minimum absolute atomic E-state index is 0.144. The molecule has 14 heteroatoms. The van der Waals surface area contributed by atoms with E-state index < -0.39 is 23.3 Å². The standard InChI is InChI=1S/C17H17ClN6O3.NO3/c1-22-6-8-23(9-7-22)17(26)27-16-14-13(19-4-5-20-14)15(25)24(16)12-3-2-11(18)10-21-12;2-1(3)4/h2-5,10,16H,6-9H2,1H3;/q;-1. The molecule has 4 rings (SSSR count). The van der Waals surface area contributed by atoms with Gasteiger partial charge in [0.25, 0.3) is 5.91 Å². The molecule has 4 heterocycles. The first-order valence-corrected chi connectivity index (χ1v) is 9.37. The Morgan fingerprint density at radius 3 is 2.42 bits per heavy atom. The van der Waals surface area contributed by atoms with Crippen LogP contribution < -0.4 is 4.90 Å². The zero-order chi connectivity index (χ0) is 22.5. The molecule has 1 unspecified atom stereocenters. The largest absolute Gasteiger partial charge is 0.419 e. The Bertz CT molecular complexity index is 964. The lowest BCUT2D eigenvalue weighted by atomic mass is 10.3. The molecule has 0 bridgehead atoms. The average Bonchev–Trinajstić information content (AvgIpc) is 3.01. The molecule has 0 aliphatic carbocycles. The Morgan fingerprint density at radius 2 is 1.81 bits per heavy atom. The summed E-state index contributed by atoms with van der Waals surface area (Å²) in [4.78, 5) is 51.3. The quantitative estimate of drug-likeness (QED) is 0.482. The number of ether oxygens (including phenoxy) is 1. The van der Waals surface area contributed by atoms with Crippen LogP contribution in [0.1, 0.15) is 22.4 Å². The van der Waals surface area contributed by atoms with Crippen LogP contribution in [-0.4, -0.2) is 75.1 Å². The van der Waals surface area contributed by atoms with Crippen LogP contribution in [0.25, 0.3) is 0 Å². The Hall–Kier alpha value is -3.58. The van der Waals surface area contributed by atoms with Crippen LogP contribution in [0.15, 0.2) is 30.7 Å². The summed E-state index contributed by atoms with van der Waals surface area (Å²) in [6, 6.07) is 3.20. The molecule has 0 radical (unpaired) electrons. The van der Waals surface area contributed by atoms with Crippen LogP contribution in [0.5, 0.6) is 0 Å². The van der Waals surface area contributed by atoms with Crippen molar-refractivity contribution >= 4 is 29.4 Å². The molecule has 1 fully saturated rings. The second-order valence-electron chi connectivity index (χ2n) is 6.55. The molecular formula is C17H17ClN7O6-. The number of anilines is 1. The Morgan fingerprint density at radius 1 is 1.16 bits per heavy atom. The van der Waals surface area contributed by atoms with E-state index in [1.165, 1.54) is 23.5 Å². The third-order valence-corrected chi connectivity index (χ3v) is 4.77. The fourth-order valence-corrected chi connectivity index (χ4v) is 3.15. The number of piperazine rings is 1. The summed E-state index contributed by atoms with van der Waals surface area (Å²) in [6.45, 7) is 2.64. The molecule has 0 N–H and O–H groups in total. The van der Waals surface area contributed by atoms with Crippen LogP contribution in [0.4, 0.5) is 10.6 Å². The van der Waals surface area contributed by atoms with Crippen LogP contribution in [0.2, 0.25) is 5.02 Å². The molecule has 2 amide bonds. The molecule has 2 aromatic rings. The van der Waals surface area contributed by atoms with Gasteiger partial charge in [-0.05, 0) is 19.2 Å². The van der Waals surface area contributed by atoms with E-state index in [0.29, 0.717) is 29.6 Å². The number of fused-ring (bicyclic) bond motifs is 1. The molecule has 0 saturated carbocycles. The van der Waals surface area contributed by atoms with Crippen molar-refractivity contribution in [3.05, 3.63) is 62.5 Å². The number of amides is 2. The summed E-state index contributed by atoms with van der Waals surface area (Å²) >= 11 is 5.89. The van der Waals surface area contributed by atoms with E-state index in [0.717, 1.165) is 13.1 Å². The minimum atomic E-state index is -1.75. The van der Waals surface area contributed by atoms with E-state index in [1.807, 2.05) is 7.05 Å². The van der Waals surface area contributed by atoms with Gasteiger partial charge in [-0.1, -0.05) is 11.6 Å². The number of rotatable bonds is 2. The van der Waals surface area contributed by atoms with Crippen molar-refractivity contribution in [2.24, 2.45) is 0 Å². The highest BCUT2D eigenvalue weighted by Gasteiger charge is 2.44. The van der Waals surface area contributed by atoms with Gasteiger partial charge in [-0.3, -0.25) is 9.78 Å². The third-order valence-electron chi connectivity index (χ3n) is 4.55. The number of hydrogen-bond acceptors (Lipinski definition) is 10. The lowest BCUT2D eigenvalue weighted by Gasteiger charge is -2.33. The smallest absolute Gasteiger partial charge is 0.412 e. The summed E-state index contributed by atoms with van der Waals surface area (Å²) in [5, 5.41) is 15.2. The molecule has 1 saturated heterocycles. The van der Waals surface area contributed by atoms with Gasteiger partial charge in [0.15, 0.2) is 5.69 Å². The van der Waals surface area contributed by atoms with Gasteiger partial charge >= 0.3 is 6.09 Å². The summed E-state index contributed by atoms with van der Waals surface area (Å²) in [6.07, 6.45) is 2.78. The fraction of sp³-hybridized carbons (Fsp3) is 0.353. The van der Waals surface area contributed by atoms with Crippen molar-refractivity contribution in [1.82, 2.24) is 24.8 Å². The molecule has 0 spiro atoms. The van der Waals surface area contributed by atoms with Crippen LogP contribution in [0, 0.1) is 15.3 Å². The van der Waals surface area contributed by atoms with Gasteiger partial charge in [0.2, 0.25) is 6.23 Å². The van der Waals surface area contributed by atoms with Crippen molar-refractivity contribution in [3.63, 3.8) is 0 Å². The third kappa shape index (κ3) is 5.13. The molecule has 0 aromatic carbocycles. The van der Waals surface area contributed by atoms with Gasteiger partial charge in [-0.15, -0.1) is 0 Å². The maximum atomic E-state index is 12.8. The summed E-state index contributed by atoms with van der Waals surface area (Å²) in [5.41, 5.74) is 0.437. The SMILES string of the molecule is CN1CCN(C(=O)OC2c3nccnc3C(=O)N2c2ccc(Cl)cn2)CC1.O=[N+]([O-])[O-]. The maximum Gasteiger partial charge on any atom is 0.412 e. The lowest BCUT2D eigenvalue weighted by Crippen LogP contribution is -2.48. The van der Waals surface area contributed by atoms with E-state index in [9.17, 15) is 9.59 Å². The Kier molecular flexibility index (Phi) is 6.77. The first-order valence-electron chi connectivity index (χ1n) is 8.99. The molecule has 1 atom stereocenters. The second-order valence-corrected chi connectivity index (χ2v) is 6.99. The number of carbonyl (C=O) groups is 2. The number of pyridine rings is 1. The Balaban J connectivity index is 0.000000628. The predicted molar refractivity (Wildman–Crippen MR) is 107 cm³/mol. The van der Waals surface area contributed by atoms with E-state index in [-0.39, 0.29) is 5.69 Å². The lowest BCUT2D eigenvalue weighted by molar-refractivity contribution is -0.402. The van der Waals surface area contributed by atoms with Gasteiger partial charge in [0, 0.05) is 44.8 Å². The van der Waals surface area contributed by atoms with Gasteiger partial charge in [-0.25, -0.2) is 19.7 Å². The highest BCUT2D eigenvalue weighted by Crippen LogP contribution is 2.35. The highest BCUT2D eigenvalue weighted by atomic mass is 35.5. The van der Waals surface area contributed by atoms with Gasteiger partial charge in [0.05, 0.1) is 10.1 Å². The number of hydrogen-bond donors (Lipinski definition) is 0. The zero-order valence-corrected chi connectivity index (χ0v) is 17.0. The minimum Gasteiger partial charge on any atom is -0.419 e. The molecule has 2 aliphatic heterocycles. The number of aromatic nitrogens is 3. The maximum absolute atomic E-state index is 12.8. The zero-order valence-electron chi connectivity index (χ0n) is 16.3. The average molecular weight is 451 g/mol. The van der Waals surface area contributed by atoms with E-state index in [1.54, 1.807) is 17.0 Å². The van der Waals surface area contributed by atoms with Crippen molar-refractivity contribution in [3.8, 4) is 0 Å². The van der Waals surface area contributed by atoms with Crippen LogP contribution in [-0.2, 0) is 4.74 Å². The molecule has 2 aromatic heterocycles. The fourth-order valence-electron chi connectivity index (χ4n) is 3.04. The van der Waals surface area contributed by atoms with Crippen LogP contribution >= 0.6 is 11.6 Å². The summed E-state index contributed by atoms with van der Waals surface area (Å²) in [7, 11) is 2.00.